The summed E-state index contributed by atoms with van der Waals surface area (Å²) in [6, 6.07) is 13.0. The summed E-state index contributed by atoms with van der Waals surface area (Å²) in [5.74, 6) is -0.854. The lowest BCUT2D eigenvalue weighted by molar-refractivity contribution is -0.137. The summed E-state index contributed by atoms with van der Waals surface area (Å²) in [5, 5.41) is 10.9. The summed E-state index contributed by atoms with van der Waals surface area (Å²) in [5.41, 5.74) is 1.04. The van der Waals surface area contributed by atoms with Crippen molar-refractivity contribution in [2.75, 3.05) is 0 Å². The van der Waals surface area contributed by atoms with Gasteiger partial charge in [0.15, 0.2) is 9.84 Å². The zero-order valence-corrected chi connectivity index (χ0v) is 15.9. The highest BCUT2D eigenvalue weighted by molar-refractivity contribution is 7.89. The fourth-order valence-corrected chi connectivity index (χ4v) is 5.18. The van der Waals surface area contributed by atoms with Crippen LogP contribution in [-0.2, 0) is 27.5 Å². The van der Waals surface area contributed by atoms with Gasteiger partial charge < -0.3 is 0 Å². The average Bonchev–Trinajstić information content (AvgIpc) is 3.08. The van der Waals surface area contributed by atoms with E-state index in [2.05, 4.69) is 4.98 Å². The minimum Gasteiger partial charge on any atom is -0.240 e. The van der Waals surface area contributed by atoms with Crippen LogP contribution in [0.1, 0.15) is 21.7 Å². The first-order valence-corrected chi connectivity index (χ1v) is 10.7. The first-order valence-electron chi connectivity index (χ1n) is 7.98. The Morgan fingerprint density at radius 3 is 2.43 bits per heavy atom. The van der Waals surface area contributed by atoms with Crippen molar-refractivity contribution in [3.63, 3.8) is 0 Å². The monoisotopic (exact) mass is 422 g/mol. The van der Waals surface area contributed by atoms with Gasteiger partial charge in [-0.2, -0.15) is 18.4 Å². The normalized spacial score (nSPS) is 11.9. The second-order valence-corrected chi connectivity index (χ2v) is 9.05. The Morgan fingerprint density at radius 1 is 1.07 bits per heavy atom. The quantitative estimate of drug-likeness (QED) is 0.591. The standard InChI is InChI=1S/C19H13F3N2O2S2/c20-19(21,22)16-3-1-2-14(8-16)11-28(25,26)12-18-24-17(10-27-18)15-6-4-13(9-23)5-7-15/h1-8,10H,11-12H2. The number of rotatable bonds is 5. The molecule has 1 aromatic heterocycles. The molecule has 0 bridgehead atoms. The number of nitrogens with zero attached hydrogens (tertiary/aromatic N) is 2. The molecular formula is C19H13F3N2O2S2. The van der Waals surface area contributed by atoms with Crippen molar-refractivity contribution < 1.29 is 21.6 Å². The van der Waals surface area contributed by atoms with Crippen molar-refractivity contribution in [3.8, 4) is 17.3 Å². The fourth-order valence-electron chi connectivity index (χ4n) is 2.56. The van der Waals surface area contributed by atoms with E-state index in [4.69, 9.17) is 5.26 Å². The largest absolute Gasteiger partial charge is 0.416 e. The van der Waals surface area contributed by atoms with Gasteiger partial charge in [0.25, 0.3) is 0 Å². The second-order valence-electron chi connectivity index (χ2n) is 6.05. The predicted molar refractivity (Wildman–Crippen MR) is 100 cm³/mol. The zero-order valence-electron chi connectivity index (χ0n) is 14.3. The molecule has 3 aromatic rings. The highest BCUT2D eigenvalue weighted by atomic mass is 32.2. The van der Waals surface area contributed by atoms with E-state index < -0.39 is 27.3 Å². The predicted octanol–water partition coefficient (Wildman–Crippen LogP) is 4.82. The van der Waals surface area contributed by atoms with Gasteiger partial charge in [0, 0.05) is 10.9 Å². The SMILES string of the molecule is N#Cc1ccc(-c2csc(CS(=O)(=O)Cc3cccc(C(F)(F)F)c3)n2)cc1. The van der Waals surface area contributed by atoms with E-state index in [0.717, 1.165) is 29.0 Å². The molecule has 9 heteroatoms. The summed E-state index contributed by atoms with van der Waals surface area (Å²) in [6.07, 6.45) is -4.52. The van der Waals surface area contributed by atoms with Crippen LogP contribution >= 0.6 is 11.3 Å². The molecule has 28 heavy (non-hydrogen) atoms. The summed E-state index contributed by atoms with van der Waals surface area (Å²) >= 11 is 1.16. The Kier molecular flexibility index (Phi) is 5.54. The van der Waals surface area contributed by atoms with E-state index in [1.54, 1.807) is 29.6 Å². The van der Waals surface area contributed by atoms with Crippen LogP contribution in [-0.4, -0.2) is 13.4 Å². The van der Waals surface area contributed by atoms with Crippen molar-refractivity contribution in [1.82, 2.24) is 4.98 Å². The fraction of sp³-hybridized carbons (Fsp3) is 0.158. The third-order valence-corrected chi connectivity index (χ3v) is 6.36. The summed E-state index contributed by atoms with van der Waals surface area (Å²) in [7, 11) is -3.69. The molecule has 0 atom stereocenters. The van der Waals surface area contributed by atoms with Crippen LogP contribution < -0.4 is 0 Å². The maximum absolute atomic E-state index is 12.8. The molecule has 0 amide bonds. The second kappa shape index (κ2) is 7.73. The van der Waals surface area contributed by atoms with E-state index in [1.165, 1.54) is 12.1 Å². The number of thiazole rings is 1. The molecule has 4 nitrogen and oxygen atoms in total. The van der Waals surface area contributed by atoms with Crippen molar-refractivity contribution in [2.45, 2.75) is 17.7 Å². The number of nitriles is 1. The Bertz CT molecular complexity index is 1130. The Balaban J connectivity index is 1.74. The molecule has 0 saturated heterocycles. The number of benzene rings is 2. The Morgan fingerprint density at radius 2 is 1.79 bits per heavy atom. The maximum atomic E-state index is 12.8. The number of hydrogen-bond acceptors (Lipinski definition) is 5. The van der Waals surface area contributed by atoms with E-state index in [-0.39, 0.29) is 11.3 Å². The minimum absolute atomic E-state index is 0.0821. The molecule has 0 radical (unpaired) electrons. The van der Waals surface area contributed by atoms with Crippen LogP contribution in [0.3, 0.4) is 0 Å². The Labute approximate surface area is 163 Å². The van der Waals surface area contributed by atoms with Crippen molar-refractivity contribution in [1.29, 1.82) is 5.26 Å². The molecule has 0 aliphatic heterocycles. The molecule has 3 rings (SSSR count). The van der Waals surface area contributed by atoms with E-state index in [9.17, 15) is 21.6 Å². The number of hydrogen-bond donors (Lipinski definition) is 0. The summed E-state index contributed by atoms with van der Waals surface area (Å²) < 4.78 is 63.2. The van der Waals surface area contributed by atoms with Gasteiger partial charge in [-0.25, -0.2) is 13.4 Å². The molecule has 0 saturated carbocycles. The number of halogens is 3. The summed E-state index contributed by atoms with van der Waals surface area (Å²) in [4.78, 5) is 4.30. The van der Waals surface area contributed by atoms with Crippen LogP contribution in [0.5, 0.6) is 0 Å². The van der Waals surface area contributed by atoms with Gasteiger partial charge in [-0.05, 0) is 23.8 Å². The van der Waals surface area contributed by atoms with Gasteiger partial charge in [-0.1, -0.05) is 30.3 Å². The molecule has 144 valence electrons. The zero-order chi connectivity index (χ0) is 20.4. The molecule has 2 aromatic carbocycles. The topological polar surface area (TPSA) is 70.8 Å². The molecule has 0 aliphatic carbocycles. The smallest absolute Gasteiger partial charge is 0.240 e. The molecular weight excluding hydrogens is 409 g/mol. The first-order chi connectivity index (χ1) is 13.2. The maximum Gasteiger partial charge on any atom is 0.416 e. The van der Waals surface area contributed by atoms with Gasteiger partial charge in [0.2, 0.25) is 0 Å². The molecule has 0 spiro atoms. The van der Waals surface area contributed by atoms with Gasteiger partial charge in [0.1, 0.15) is 10.8 Å². The third kappa shape index (κ3) is 4.97. The van der Waals surface area contributed by atoms with Crippen LogP contribution in [0, 0.1) is 11.3 Å². The van der Waals surface area contributed by atoms with Crippen LogP contribution in [0.15, 0.2) is 53.9 Å². The lowest BCUT2D eigenvalue weighted by atomic mass is 10.1. The van der Waals surface area contributed by atoms with Gasteiger partial charge in [0.05, 0.1) is 28.6 Å². The molecule has 0 unspecified atom stereocenters. The highest BCUT2D eigenvalue weighted by Crippen LogP contribution is 2.30. The van der Waals surface area contributed by atoms with Crippen molar-refractivity contribution >= 4 is 21.2 Å². The van der Waals surface area contributed by atoms with Gasteiger partial charge in [-0.3, -0.25) is 0 Å². The minimum atomic E-state index is -4.52. The van der Waals surface area contributed by atoms with Gasteiger partial charge >= 0.3 is 6.18 Å². The van der Waals surface area contributed by atoms with Crippen molar-refractivity contribution in [3.05, 3.63) is 75.6 Å². The number of sulfone groups is 1. The van der Waals surface area contributed by atoms with E-state index in [1.807, 2.05) is 6.07 Å². The highest BCUT2D eigenvalue weighted by Gasteiger charge is 2.30. The lowest BCUT2D eigenvalue weighted by Gasteiger charge is -2.09. The average molecular weight is 422 g/mol. The third-order valence-electron chi connectivity index (χ3n) is 3.85. The summed E-state index contributed by atoms with van der Waals surface area (Å²) in [6.45, 7) is 0. The van der Waals surface area contributed by atoms with Crippen LogP contribution in [0.2, 0.25) is 0 Å². The van der Waals surface area contributed by atoms with E-state index in [0.29, 0.717) is 16.3 Å². The Hall–Kier alpha value is -2.70. The number of aromatic nitrogens is 1. The van der Waals surface area contributed by atoms with Crippen LogP contribution in [0.25, 0.3) is 11.3 Å². The van der Waals surface area contributed by atoms with E-state index >= 15 is 0 Å². The number of alkyl halides is 3. The van der Waals surface area contributed by atoms with Crippen LogP contribution in [0.4, 0.5) is 13.2 Å². The molecule has 0 fully saturated rings. The molecule has 0 N–H and O–H groups in total. The van der Waals surface area contributed by atoms with Crippen molar-refractivity contribution in [2.24, 2.45) is 0 Å². The first kappa shape index (κ1) is 20.0. The molecule has 0 aliphatic rings. The molecule has 1 heterocycles. The van der Waals surface area contributed by atoms with Gasteiger partial charge in [-0.15, -0.1) is 11.3 Å². The lowest BCUT2D eigenvalue weighted by Crippen LogP contribution is -2.10.